The third-order valence-electron chi connectivity index (χ3n) is 16.6. The zero-order valence-electron chi connectivity index (χ0n) is 47.7. The largest absolute Gasteiger partial charge is 0.308 e. The van der Waals surface area contributed by atoms with Gasteiger partial charge in [-0.25, -0.2) is 0 Å². The van der Waals surface area contributed by atoms with E-state index in [1.54, 1.807) is 6.07 Å². The van der Waals surface area contributed by atoms with Crippen LogP contribution in [0.1, 0.15) is 83.5 Å². The summed E-state index contributed by atoms with van der Waals surface area (Å²) in [5.74, 6) is 0. The summed E-state index contributed by atoms with van der Waals surface area (Å²) in [6, 6.07) is 62.3. The monoisotopic (exact) mass is 1030 g/mol. The Labute approximate surface area is 469 Å². The standard InChI is InChI=1S/C75H61N5/c1-41-21-45(5)72(46(6)22-41)55-13-17-61-62-18-14-56(73-47(7)23-42(2)24-48(73)8)33-67(62)79(66(61)32-55)70-36-60(59-30-53(38-76)29-54(31-59)39-77)37-71(65(70)40-78)80-68-34-57(74-49(9)25-43(3)26-50(74)10)15-19-63(68)64-20-16-58(35-69(64)80)75-51(11)27-44(4)28-52(75)12/h13-37H,1-12H3. The van der Waals surface area contributed by atoms with Gasteiger partial charge in [0.15, 0.2) is 0 Å². The second-order valence-electron chi connectivity index (χ2n) is 22.7. The topological polar surface area (TPSA) is 81.2 Å². The van der Waals surface area contributed by atoms with Crippen LogP contribution in [0.3, 0.4) is 0 Å². The summed E-state index contributed by atoms with van der Waals surface area (Å²) >= 11 is 0. The summed E-state index contributed by atoms with van der Waals surface area (Å²) in [5.41, 5.74) is 31.4. The van der Waals surface area contributed by atoms with Crippen molar-refractivity contribution in [1.82, 2.24) is 9.13 Å². The van der Waals surface area contributed by atoms with Crippen molar-refractivity contribution < 1.29 is 0 Å². The fourth-order valence-electron chi connectivity index (χ4n) is 13.9. The first-order valence-electron chi connectivity index (χ1n) is 27.5. The SMILES string of the molecule is Cc1cc(C)c(-c2ccc3c4ccc(-c5c(C)cc(C)cc5C)cc4n(-c4cc(-c5cc(C#N)cc(C#N)c5)cc(-n5c6cc(-c7c(C)cc(C)cc7C)ccc6c6ccc(-c7c(C)cc(C)cc7C)cc65)c4C#N)c3c2)c(C)c1. The molecule has 10 aromatic carbocycles. The molecule has 12 rings (SSSR count). The van der Waals surface area contributed by atoms with Gasteiger partial charge in [0, 0.05) is 21.5 Å². The lowest BCUT2D eigenvalue weighted by Crippen LogP contribution is -2.06. The summed E-state index contributed by atoms with van der Waals surface area (Å²) in [6.07, 6.45) is 0. The predicted octanol–water partition coefficient (Wildman–Crippen LogP) is 19.5. The molecule has 386 valence electrons. The number of hydrogen-bond acceptors (Lipinski definition) is 3. The summed E-state index contributed by atoms with van der Waals surface area (Å²) < 4.78 is 4.62. The third kappa shape index (κ3) is 8.36. The average molecular weight is 1030 g/mol. The van der Waals surface area contributed by atoms with Crippen LogP contribution >= 0.6 is 0 Å². The second-order valence-corrected chi connectivity index (χ2v) is 22.7. The molecule has 80 heavy (non-hydrogen) atoms. The lowest BCUT2D eigenvalue weighted by atomic mass is 9.92. The minimum Gasteiger partial charge on any atom is -0.308 e. The smallest absolute Gasteiger partial charge is 0.104 e. The van der Waals surface area contributed by atoms with Crippen LogP contribution in [0.4, 0.5) is 0 Å². The highest BCUT2D eigenvalue weighted by Gasteiger charge is 2.26. The Bertz CT molecular complexity index is 4200. The number of fused-ring (bicyclic) bond motifs is 6. The number of aryl methyl sites for hydroxylation is 12. The van der Waals surface area contributed by atoms with Crippen LogP contribution in [0, 0.1) is 117 Å². The predicted molar refractivity (Wildman–Crippen MR) is 333 cm³/mol. The molecular formula is C75H61N5. The van der Waals surface area contributed by atoms with Gasteiger partial charge in [-0.05, 0) is 238 Å². The van der Waals surface area contributed by atoms with Gasteiger partial charge in [0.05, 0.1) is 56.7 Å². The van der Waals surface area contributed by atoms with Gasteiger partial charge >= 0.3 is 0 Å². The van der Waals surface area contributed by atoms with E-state index in [0.29, 0.717) is 33.6 Å². The van der Waals surface area contributed by atoms with Crippen molar-refractivity contribution in [3.63, 3.8) is 0 Å². The van der Waals surface area contributed by atoms with E-state index >= 15 is 0 Å². The summed E-state index contributed by atoms with van der Waals surface area (Å²) in [5, 5.41) is 37.5. The van der Waals surface area contributed by atoms with Gasteiger partial charge in [-0.2, -0.15) is 15.8 Å². The second kappa shape index (κ2) is 19.3. The van der Waals surface area contributed by atoms with Crippen molar-refractivity contribution in [1.29, 1.82) is 15.8 Å². The van der Waals surface area contributed by atoms with Crippen LogP contribution in [0.15, 0.2) is 152 Å². The van der Waals surface area contributed by atoms with Crippen LogP contribution in [0.25, 0.3) is 111 Å². The summed E-state index contributed by atoms with van der Waals surface area (Å²) in [7, 11) is 0. The zero-order valence-corrected chi connectivity index (χ0v) is 47.7. The third-order valence-corrected chi connectivity index (χ3v) is 16.6. The molecular weight excluding hydrogens is 971 g/mol. The van der Waals surface area contributed by atoms with Crippen molar-refractivity contribution in [2.45, 2.75) is 83.1 Å². The Morgan fingerprint density at radius 3 is 0.750 bits per heavy atom. The molecule has 5 heteroatoms. The van der Waals surface area contributed by atoms with E-state index in [0.717, 1.165) is 71.4 Å². The number of hydrogen-bond donors (Lipinski definition) is 0. The van der Waals surface area contributed by atoms with Crippen molar-refractivity contribution in [3.8, 4) is 85.2 Å². The molecule has 0 saturated carbocycles. The molecule has 0 spiro atoms. The summed E-state index contributed by atoms with van der Waals surface area (Å²) in [6.45, 7) is 26.1. The fourth-order valence-corrected chi connectivity index (χ4v) is 13.9. The number of benzene rings is 10. The molecule has 0 aliphatic carbocycles. The molecule has 0 N–H and O–H groups in total. The highest BCUT2D eigenvalue weighted by atomic mass is 15.0. The van der Waals surface area contributed by atoms with Gasteiger partial charge in [0.25, 0.3) is 0 Å². The van der Waals surface area contributed by atoms with Crippen molar-refractivity contribution in [2.75, 3.05) is 0 Å². The van der Waals surface area contributed by atoms with Crippen LogP contribution in [0.5, 0.6) is 0 Å². The van der Waals surface area contributed by atoms with Gasteiger partial charge in [0.2, 0.25) is 0 Å². The van der Waals surface area contributed by atoms with Crippen LogP contribution in [0.2, 0.25) is 0 Å². The van der Waals surface area contributed by atoms with Gasteiger partial charge < -0.3 is 9.13 Å². The summed E-state index contributed by atoms with van der Waals surface area (Å²) in [4.78, 5) is 0. The first-order chi connectivity index (χ1) is 38.4. The molecule has 2 heterocycles. The Morgan fingerprint density at radius 1 is 0.263 bits per heavy atom. The van der Waals surface area contributed by atoms with E-state index in [1.165, 1.54) is 89.0 Å². The van der Waals surface area contributed by atoms with Crippen molar-refractivity contribution >= 4 is 43.6 Å². The number of aromatic nitrogens is 2. The number of nitriles is 3. The van der Waals surface area contributed by atoms with Gasteiger partial charge in [0.1, 0.15) is 11.6 Å². The maximum atomic E-state index is 12.3. The van der Waals surface area contributed by atoms with Gasteiger partial charge in [-0.15, -0.1) is 0 Å². The van der Waals surface area contributed by atoms with Crippen molar-refractivity contribution in [3.05, 3.63) is 235 Å². The minimum atomic E-state index is 0.379. The molecule has 0 amide bonds. The lowest BCUT2D eigenvalue weighted by Gasteiger charge is -2.20. The lowest BCUT2D eigenvalue weighted by molar-refractivity contribution is 1.12. The number of rotatable bonds is 7. The van der Waals surface area contributed by atoms with E-state index in [1.807, 2.05) is 12.1 Å². The normalized spacial score (nSPS) is 11.5. The maximum Gasteiger partial charge on any atom is 0.104 e. The first kappa shape index (κ1) is 51.1. The molecule has 0 saturated heterocycles. The molecule has 0 unspecified atom stereocenters. The fraction of sp³-hybridized carbons (Fsp3) is 0.160. The minimum absolute atomic E-state index is 0.379. The zero-order chi connectivity index (χ0) is 56.2. The molecule has 0 aliphatic heterocycles. The van der Waals surface area contributed by atoms with E-state index in [4.69, 9.17) is 0 Å². The number of nitrogens with zero attached hydrogens (tertiary/aromatic N) is 5. The molecule has 5 nitrogen and oxygen atoms in total. The Balaban J connectivity index is 1.27. The Hall–Kier alpha value is -9.73. The molecule has 0 radical (unpaired) electrons. The maximum absolute atomic E-state index is 12.3. The van der Waals surface area contributed by atoms with Crippen LogP contribution < -0.4 is 0 Å². The highest BCUT2D eigenvalue weighted by Crippen LogP contribution is 2.45. The van der Waals surface area contributed by atoms with Gasteiger partial charge in [-0.3, -0.25) is 0 Å². The van der Waals surface area contributed by atoms with Crippen LogP contribution in [-0.2, 0) is 0 Å². The van der Waals surface area contributed by atoms with Gasteiger partial charge in [-0.1, -0.05) is 119 Å². The molecule has 0 bridgehead atoms. The first-order valence-corrected chi connectivity index (χ1v) is 27.5. The van der Waals surface area contributed by atoms with E-state index in [2.05, 4.69) is 244 Å². The quantitative estimate of drug-likeness (QED) is 0.159. The van der Waals surface area contributed by atoms with E-state index in [9.17, 15) is 15.8 Å². The molecule has 0 fully saturated rings. The Kier molecular flexibility index (Phi) is 12.3. The van der Waals surface area contributed by atoms with E-state index < -0.39 is 0 Å². The molecule has 12 aromatic rings. The molecule has 0 atom stereocenters. The van der Waals surface area contributed by atoms with Crippen molar-refractivity contribution in [2.24, 2.45) is 0 Å². The highest BCUT2D eigenvalue weighted by molar-refractivity contribution is 6.14. The molecule has 0 aliphatic rings. The van der Waals surface area contributed by atoms with E-state index in [-0.39, 0.29) is 0 Å². The molecule has 2 aromatic heterocycles. The van der Waals surface area contributed by atoms with Crippen LogP contribution in [-0.4, -0.2) is 9.13 Å². The Morgan fingerprint density at radius 2 is 0.512 bits per heavy atom. The average Bonchev–Trinajstić information content (AvgIpc) is 4.04.